The Morgan fingerprint density at radius 2 is 2.27 bits per heavy atom. The van der Waals surface area contributed by atoms with Crippen molar-refractivity contribution >= 4 is 23.4 Å². The van der Waals surface area contributed by atoms with Crippen molar-refractivity contribution in [1.82, 2.24) is 10.2 Å². The third-order valence-corrected chi connectivity index (χ3v) is 2.92. The van der Waals surface area contributed by atoms with Crippen LogP contribution in [0, 0.1) is 0 Å². The molecule has 4 nitrogen and oxygen atoms in total. The lowest BCUT2D eigenvalue weighted by Crippen LogP contribution is -2.19. The summed E-state index contributed by atoms with van der Waals surface area (Å²) in [6.45, 7) is 0. The number of hydrogen-bond acceptors (Lipinski definition) is 4. The van der Waals surface area contributed by atoms with Gasteiger partial charge in [-0.15, -0.1) is 0 Å². The first-order chi connectivity index (χ1) is 7.31. The molecule has 0 fully saturated rings. The first-order valence-corrected chi connectivity index (χ1v) is 5.26. The van der Waals surface area contributed by atoms with Crippen LogP contribution in [0.15, 0.2) is 35.4 Å². The number of amides is 1. The van der Waals surface area contributed by atoms with Crippen LogP contribution in [0.3, 0.4) is 0 Å². The predicted molar refractivity (Wildman–Crippen MR) is 58.0 cm³/mol. The zero-order valence-electron chi connectivity index (χ0n) is 7.86. The smallest absolute Gasteiger partial charge is 0.247 e. The van der Waals surface area contributed by atoms with Gasteiger partial charge < -0.3 is 4.72 Å². The van der Waals surface area contributed by atoms with Gasteiger partial charge in [0, 0.05) is 11.1 Å². The second-order valence-corrected chi connectivity index (χ2v) is 3.98. The summed E-state index contributed by atoms with van der Waals surface area (Å²) in [6, 6.07) is 7.81. The van der Waals surface area contributed by atoms with Crippen molar-refractivity contribution in [3.8, 4) is 0 Å². The van der Waals surface area contributed by atoms with Crippen LogP contribution >= 0.6 is 11.9 Å². The molecule has 1 heterocycles. The summed E-state index contributed by atoms with van der Waals surface area (Å²) in [6.07, 6.45) is 1.95. The molecule has 2 rings (SSSR count). The first kappa shape index (κ1) is 10.1. The maximum Gasteiger partial charge on any atom is 0.247 e. The van der Waals surface area contributed by atoms with Gasteiger partial charge in [-0.05, 0) is 29.2 Å². The molecule has 1 aromatic rings. The molecule has 0 bridgehead atoms. The van der Waals surface area contributed by atoms with Gasteiger partial charge in [0.15, 0.2) is 0 Å². The fraction of sp³-hybridized carbons (Fsp3) is 0.100. The van der Waals surface area contributed by atoms with Gasteiger partial charge in [-0.3, -0.25) is 10.0 Å². The standard InChI is InChI=1S/C10H10N2O2S/c13-10(12-14)5-7-6-11-15-9-4-2-1-3-8(7)9/h1-4,6,11,14H,5H2,(H,12,13). The Morgan fingerprint density at radius 3 is 3.07 bits per heavy atom. The zero-order chi connectivity index (χ0) is 10.7. The van der Waals surface area contributed by atoms with E-state index in [2.05, 4.69) is 4.72 Å². The molecule has 0 atom stereocenters. The van der Waals surface area contributed by atoms with E-state index in [0.29, 0.717) is 0 Å². The summed E-state index contributed by atoms with van der Waals surface area (Å²) in [4.78, 5) is 12.1. The summed E-state index contributed by atoms with van der Waals surface area (Å²) >= 11 is 1.51. The van der Waals surface area contributed by atoms with E-state index in [4.69, 9.17) is 5.21 Å². The van der Waals surface area contributed by atoms with Crippen LogP contribution in [0.1, 0.15) is 12.0 Å². The number of hydroxylamine groups is 1. The van der Waals surface area contributed by atoms with Crippen molar-refractivity contribution in [3.05, 3.63) is 36.0 Å². The Bertz CT molecular complexity index is 418. The summed E-state index contributed by atoms with van der Waals surface area (Å²) in [7, 11) is 0. The molecule has 78 valence electrons. The minimum atomic E-state index is -0.412. The molecule has 0 radical (unpaired) electrons. The van der Waals surface area contributed by atoms with E-state index in [1.165, 1.54) is 11.9 Å². The zero-order valence-corrected chi connectivity index (χ0v) is 8.67. The molecule has 0 unspecified atom stereocenters. The molecule has 1 amide bonds. The summed E-state index contributed by atoms with van der Waals surface area (Å²) in [5.74, 6) is -0.412. The second kappa shape index (κ2) is 4.37. The molecule has 1 aromatic carbocycles. The molecular formula is C10H10N2O2S. The third kappa shape index (κ3) is 2.14. The monoisotopic (exact) mass is 222 g/mol. The van der Waals surface area contributed by atoms with E-state index in [1.807, 2.05) is 24.3 Å². The van der Waals surface area contributed by atoms with E-state index >= 15 is 0 Å². The molecule has 15 heavy (non-hydrogen) atoms. The molecule has 0 aromatic heterocycles. The van der Waals surface area contributed by atoms with Crippen LogP contribution in [0.5, 0.6) is 0 Å². The van der Waals surface area contributed by atoms with Crippen LogP contribution < -0.4 is 10.2 Å². The quantitative estimate of drug-likeness (QED) is 0.403. The maximum atomic E-state index is 11.1. The molecule has 3 N–H and O–H groups in total. The number of carbonyl (C=O) groups is 1. The summed E-state index contributed by atoms with van der Waals surface area (Å²) < 4.78 is 3.01. The number of fused-ring (bicyclic) bond motifs is 1. The average Bonchev–Trinajstić information content (AvgIpc) is 2.29. The molecule has 0 saturated heterocycles. The number of benzene rings is 1. The van der Waals surface area contributed by atoms with Crippen molar-refractivity contribution < 1.29 is 10.0 Å². The number of nitrogens with one attached hydrogen (secondary N) is 2. The van der Waals surface area contributed by atoms with E-state index in [0.717, 1.165) is 16.0 Å². The van der Waals surface area contributed by atoms with Gasteiger partial charge in [-0.1, -0.05) is 18.2 Å². The van der Waals surface area contributed by atoms with Crippen molar-refractivity contribution in [2.45, 2.75) is 11.3 Å². The van der Waals surface area contributed by atoms with Gasteiger partial charge in [-0.25, -0.2) is 5.48 Å². The molecule has 1 aliphatic rings. The van der Waals surface area contributed by atoms with E-state index in [-0.39, 0.29) is 6.42 Å². The van der Waals surface area contributed by atoms with Crippen molar-refractivity contribution in [3.63, 3.8) is 0 Å². The van der Waals surface area contributed by atoms with E-state index < -0.39 is 5.91 Å². The largest absolute Gasteiger partial charge is 0.332 e. The van der Waals surface area contributed by atoms with Crippen molar-refractivity contribution in [2.24, 2.45) is 0 Å². The van der Waals surface area contributed by atoms with Crippen LogP contribution in [0.4, 0.5) is 0 Å². The van der Waals surface area contributed by atoms with Crippen LogP contribution in [0.25, 0.3) is 5.57 Å². The molecule has 0 aliphatic carbocycles. The average molecular weight is 222 g/mol. The Hall–Kier alpha value is -1.46. The Kier molecular flexibility index (Phi) is 2.94. The van der Waals surface area contributed by atoms with Crippen molar-refractivity contribution in [2.75, 3.05) is 0 Å². The highest BCUT2D eigenvalue weighted by Crippen LogP contribution is 2.31. The minimum Gasteiger partial charge on any atom is -0.332 e. The van der Waals surface area contributed by atoms with Gasteiger partial charge in [0.25, 0.3) is 0 Å². The normalized spacial score (nSPS) is 13.5. The Balaban J connectivity index is 2.26. The second-order valence-electron chi connectivity index (χ2n) is 3.10. The SMILES string of the molecule is O=C(CC1=CNSc2ccccc21)NO. The lowest BCUT2D eigenvalue weighted by molar-refractivity contribution is -0.128. The third-order valence-electron chi connectivity index (χ3n) is 2.11. The highest BCUT2D eigenvalue weighted by Gasteiger charge is 2.14. The van der Waals surface area contributed by atoms with Gasteiger partial charge in [-0.2, -0.15) is 0 Å². The highest BCUT2D eigenvalue weighted by molar-refractivity contribution is 7.97. The van der Waals surface area contributed by atoms with Gasteiger partial charge in [0.2, 0.25) is 5.91 Å². The van der Waals surface area contributed by atoms with Crippen LogP contribution in [-0.2, 0) is 4.79 Å². The minimum absolute atomic E-state index is 0.168. The number of rotatable bonds is 2. The fourth-order valence-corrected chi connectivity index (χ4v) is 2.21. The van der Waals surface area contributed by atoms with Crippen LogP contribution in [-0.4, -0.2) is 11.1 Å². The lowest BCUT2D eigenvalue weighted by Gasteiger charge is -2.16. The Morgan fingerprint density at radius 1 is 1.47 bits per heavy atom. The predicted octanol–water partition coefficient (Wildman–Crippen LogP) is 1.53. The first-order valence-electron chi connectivity index (χ1n) is 4.45. The molecule has 5 heteroatoms. The molecule has 0 spiro atoms. The topological polar surface area (TPSA) is 61.4 Å². The maximum absolute atomic E-state index is 11.1. The molecule has 1 aliphatic heterocycles. The molecule has 0 saturated carbocycles. The fourth-order valence-electron chi connectivity index (χ4n) is 1.42. The summed E-state index contributed by atoms with van der Waals surface area (Å²) in [5.41, 5.74) is 3.53. The summed E-state index contributed by atoms with van der Waals surface area (Å²) in [5, 5.41) is 8.46. The number of hydrogen-bond donors (Lipinski definition) is 3. The molecular weight excluding hydrogens is 212 g/mol. The van der Waals surface area contributed by atoms with Crippen LogP contribution in [0.2, 0.25) is 0 Å². The van der Waals surface area contributed by atoms with E-state index in [1.54, 1.807) is 11.7 Å². The van der Waals surface area contributed by atoms with Crippen molar-refractivity contribution in [1.29, 1.82) is 0 Å². The lowest BCUT2D eigenvalue weighted by atomic mass is 10.0. The van der Waals surface area contributed by atoms with Gasteiger partial charge >= 0.3 is 0 Å². The number of carbonyl (C=O) groups excluding carboxylic acids is 1. The van der Waals surface area contributed by atoms with E-state index in [9.17, 15) is 4.79 Å². The van der Waals surface area contributed by atoms with Gasteiger partial charge in [0.05, 0.1) is 6.42 Å². The Labute approximate surface area is 91.5 Å². The highest BCUT2D eigenvalue weighted by atomic mass is 32.2. The van der Waals surface area contributed by atoms with Gasteiger partial charge in [0.1, 0.15) is 0 Å².